The van der Waals surface area contributed by atoms with Crippen molar-refractivity contribution in [2.75, 3.05) is 5.32 Å². The molecule has 0 aliphatic carbocycles. The number of benzene rings is 2. The van der Waals surface area contributed by atoms with Gasteiger partial charge >= 0.3 is 5.76 Å². The van der Waals surface area contributed by atoms with Crippen LogP contribution in [-0.4, -0.2) is 24.9 Å². The summed E-state index contributed by atoms with van der Waals surface area (Å²) in [5.74, 6) is -0.941. The number of amides is 1. The second kappa shape index (κ2) is 8.45. The van der Waals surface area contributed by atoms with Gasteiger partial charge in [0.1, 0.15) is 6.04 Å². The van der Waals surface area contributed by atoms with Gasteiger partial charge in [-0.15, -0.1) is 0 Å². The molecular formula is C21H25N3O5S. The van der Waals surface area contributed by atoms with Crippen LogP contribution in [0, 0.1) is 12.8 Å². The molecule has 0 saturated heterocycles. The van der Waals surface area contributed by atoms with Crippen LogP contribution >= 0.6 is 0 Å². The average Bonchev–Trinajstić information content (AvgIpc) is 2.94. The number of oxazole rings is 1. The lowest BCUT2D eigenvalue weighted by molar-refractivity contribution is -0.118. The molecule has 0 aliphatic heterocycles. The summed E-state index contributed by atoms with van der Waals surface area (Å²) in [6.45, 7) is 5.72. The van der Waals surface area contributed by atoms with E-state index in [1.807, 2.05) is 39.0 Å². The van der Waals surface area contributed by atoms with E-state index in [2.05, 4.69) is 10.0 Å². The van der Waals surface area contributed by atoms with Gasteiger partial charge in [0, 0.05) is 18.8 Å². The van der Waals surface area contributed by atoms with Gasteiger partial charge in [-0.25, -0.2) is 13.2 Å². The summed E-state index contributed by atoms with van der Waals surface area (Å²) < 4.78 is 34.8. The third-order valence-corrected chi connectivity index (χ3v) is 6.15. The van der Waals surface area contributed by atoms with Gasteiger partial charge in [-0.2, -0.15) is 4.72 Å². The molecule has 0 spiro atoms. The maximum Gasteiger partial charge on any atom is 0.419 e. The van der Waals surface area contributed by atoms with E-state index < -0.39 is 27.7 Å². The van der Waals surface area contributed by atoms with E-state index in [0.717, 1.165) is 5.56 Å². The van der Waals surface area contributed by atoms with Gasteiger partial charge in [0.25, 0.3) is 0 Å². The van der Waals surface area contributed by atoms with Gasteiger partial charge in [-0.3, -0.25) is 9.36 Å². The van der Waals surface area contributed by atoms with E-state index in [-0.39, 0.29) is 16.4 Å². The summed E-state index contributed by atoms with van der Waals surface area (Å²) in [7, 11) is -2.49. The summed E-state index contributed by atoms with van der Waals surface area (Å²) in [5.41, 5.74) is 2.22. The zero-order valence-electron chi connectivity index (χ0n) is 17.3. The molecule has 1 atom stereocenters. The summed E-state index contributed by atoms with van der Waals surface area (Å²) in [6.07, 6.45) is 0.319. The molecule has 1 aromatic heterocycles. The van der Waals surface area contributed by atoms with Crippen molar-refractivity contribution in [2.45, 2.75) is 38.1 Å². The molecule has 3 aromatic rings. The molecule has 9 heteroatoms. The lowest BCUT2D eigenvalue weighted by atomic mass is 10.0. The van der Waals surface area contributed by atoms with E-state index in [4.69, 9.17) is 4.42 Å². The van der Waals surface area contributed by atoms with Crippen molar-refractivity contribution in [2.24, 2.45) is 13.0 Å². The number of aryl methyl sites for hydroxylation is 2. The number of nitrogens with zero attached hydrogens (tertiary/aromatic N) is 1. The van der Waals surface area contributed by atoms with Crippen LogP contribution in [0.15, 0.2) is 56.6 Å². The molecule has 0 bridgehead atoms. The fourth-order valence-electron chi connectivity index (χ4n) is 3.17. The first kappa shape index (κ1) is 21.8. The molecule has 160 valence electrons. The summed E-state index contributed by atoms with van der Waals surface area (Å²) >= 11 is 0. The van der Waals surface area contributed by atoms with Crippen LogP contribution in [0.1, 0.15) is 25.8 Å². The molecule has 0 fully saturated rings. The lowest BCUT2D eigenvalue weighted by Crippen LogP contribution is -2.44. The molecule has 1 heterocycles. The Morgan fingerprint density at radius 1 is 1.17 bits per heavy atom. The zero-order valence-corrected chi connectivity index (χ0v) is 18.1. The van der Waals surface area contributed by atoms with E-state index in [1.165, 1.54) is 29.8 Å². The second-order valence-electron chi connectivity index (χ2n) is 7.72. The van der Waals surface area contributed by atoms with Crippen LogP contribution in [-0.2, 0) is 21.9 Å². The number of hydrogen-bond acceptors (Lipinski definition) is 5. The summed E-state index contributed by atoms with van der Waals surface area (Å²) in [6, 6.07) is 10.5. The van der Waals surface area contributed by atoms with E-state index in [9.17, 15) is 18.0 Å². The SMILES string of the molecule is Cc1cccc(NC(=O)[C@H](CC(C)C)NS(=O)(=O)c2ccc3c(c2)oc(=O)n3C)c1. The van der Waals surface area contributed by atoms with Crippen LogP contribution < -0.4 is 15.8 Å². The molecule has 30 heavy (non-hydrogen) atoms. The smallest absolute Gasteiger partial charge is 0.408 e. The number of fused-ring (bicyclic) bond motifs is 1. The van der Waals surface area contributed by atoms with Crippen LogP contribution in [0.5, 0.6) is 0 Å². The van der Waals surface area contributed by atoms with Gasteiger partial charge in [0.05, 0.1) is 10.4 Å². The Labute approximate surface area is 174 Å². The molecular weight excluding hydrogens is 406 g/mol. The fourth-order valence-corrected chi connectivity index (χ4v) is 4.39. The Balaban J connectivity index is 1.87. The lowest BCUT2D eigenvalue weighted by Gasteiger charge is -2.20. The van der Waals surface area contributed by atoms with Crippen molar-refractivity contribution in [1.29, 1.82) is 0 Å². The molecule has 2 aromatic carbocycles. The van der Waals surface area contributed by atoms with Gasteiger partial charge in [0.2, 0.25) is 15.9 Å². The number of rotatable bonds is 7. The first-order valence-electron chi connectivity index (χ1n) is 9.56. The van der Waals surface area contributed by atoms with Crippen LogP contribution in [0.4, 0.5) is 5.69 Å². The molecule has 1 amide bonds. The standard InChI is InChI=1S/C21H25N3O5S/c1-13(2)10-17(20(25)22-15-7-5-6-14(3)11-15)23-30(27,28)16-8-9-18-19(12-16)29-21(26)24(18)4/h5-9,11-13,17,23H,10H2,1-4H3,(H,22,25)/t17-/m0/s1. The van der Waals surface area contributed by atoms with Crippen molar-refractivity contribution >= 4 is 32.7 Å². The minimum absolute atomic E-state index is 0.0792. The predicted molar refractivity (Wildman–Crippen MR) is 115 cm³/mol. The molecule has 0 aliphatic rings. The van der Waals surface area contributed by atoms with Gasteiger partial charge in [0.15, 0.2) is 5.58 Å². The Hall–Kier alpha value is -2.91. The van der Waals surface area contributed by atoms with Crippen molar-refractivity contribution in [1.82, 2.24) is 9.29 Å². The first-order valence-corrected chi connectivity index (χ1v) is 11.0. The maximum atomic E-state index is 13.0. The highest BCUT2D eigenvalue weighted by atomic mass is 32.2. The van der Waals surface area contributed by atoms with Crippen molar-refractivity contribution in [3.05, 3.63) is 58.6 Å². The predicted octanol–water partition coefficient (Wildman–Crippen LogP) is 2.77. The minimum Gasteiger partial charge on any atom is -0.408 e. The molecule has 0 saturated carbocycles. The normalized spacial score (nSPS) is 13.0. The molecule has 3 rings (SSSR count). The third-order valence-electron chi connectivity index (χ3n) is 4.68. The first-order chi connectivity index (χ1) is 14.1. The van der Waals surface area contributed by atoms with E-state index in [0.29, 0.717) is 17.6 Å². The van der Waals surface area contributed by atoms with E-state index >= 15 is 0 Å². The number of carbonyl (C=O) groups excluding carboxylic acids is 1. The van der Waals surface area contributed by atoms with Gasteiger partial charge < -0.3 is 9.73 Å². The van der Waals surface area contributed by atoms with Crippen molar-refractivity contribution < 1.29 is 17.6 Å². The monoisotopic (exact) mass is 431 g/mol. The molecule has 0 unspecified atom stereocenters. The number of sulfonamides is 1. The Morgan fingerprint density at radius 2 is 1.90 bits per heavy atom. The van der Waals surface area contributed by atoms with Crippen LogP contribution in [0.25, 0.3) is 11.1 Å². The summed E-state index contributed by atoms with van der Waals surface area (Å²) in [5, 5.41) is 2.77. The zero-order chi connectivity index (χ0) is 22.1. The minimum atomic E-state index is -4.03. The Kier molecular flexibility index (Phi) is 6.14. The topological polar surface area (TPSA) is 110 Å². The summed E-state index contributed by atoms with van der Waals surface area (Å²) in [4.78, 5) is 24.4. The Bertz CT molecular complexity index is 1240. The van der Waals surface area contributed by atoms with Crippen LogP contribution in [0.2, 0.25) is 0 Å². The quantitative estimate of drug-likeness (QED) is 0.598. The largest absolute Gasteiger partial charge is 0.419 e. The van der Waals surface area contributed by atoms with E-state index in [1.54, 1.807) is 6.07 Å². The number of aromatic nitrogens is 1. The Morgan fingerprint density at radius 3 is 2.57 bits per heavy atom. The number of carbonyl (C=O) groups is 1. The number of hydrogen-bond donors (Lipinski definition) is 2. The third kappa shape index (κ3) is 4.80. The maximum absolute atomic E-state index is 13.0. The fraction of sp³-hybridized carbons (Fsp3) is 0.333. The van der Waals surface area contributed by atoms with Crippen molar-refractivity contribution in [3.8, 4) is 0 Å². The van der Waals surface area contributed by atoms with Gasteiger partial charge in [-0.05, 0) is 49.1 Å². The van der Waals surface area contributed by atoms with Crippen LogP contribution in [0.3, 0.4) is 0 Å². The highest BCUT2D eigenvalue weighted by molar-refractivity contribution is 7.89. The molecule has 2 N–H and O–H groups in total. The molecule has 8 nitrogen and oxygen atoms in total. The average molecular weight is 432 g/mol. The highest BCUT2D eigenvalue weighted by Crippen LogP contribution is 2.20. The molecule has 0 radical (unpaired) electrons. The van der Waals surface area contributed by atoms with Gasteiger partial charge in [-0.1, -0.05) is 26.0 Å². The number of nitrogens with one attached hydrogen (secondary N) is 2. The number of anilines is 1. The highest BCUT2D eigenvalue weighted by Gasteiger charge is 2.27. The van der Waals surface area contributed by atoms with Crippen molar-refractivity contribution in [3.63, 3.8) is 0 Å². The second-order valence-corrected chi connectivity index (χ2v) is 9.43.